The molecule has 5 nitrogen and oxygen atoms in total. The Bertz CT molecular complexity index is 458. The SMILES string of the molecule is CC(C)(C)OC(=O)Nc1ccc([C@@H](O)CN)c(Cl)c1. The first-order chi connectivity index (χ1) is 8.73. The summed E-state index contributed by atoms with van der Waals surface area (Å²) in [6.07, 6.45) is -1.38. The molecule has 0 spiro atoms. The quantitative estimate of drug-likeness (QED) is 0.797. The minimum atomic E-state index is -0.817. The van der Waals surface area contributed by atoms with Crippen LogP contribution in [0.4, 0.5) is 10.5 Å². The van der Waals surface area contributed by atoms with Gasteiger partial charge in [0.1, 0.15) is 5.60 Å². The van der Waals surface area contributed by atoms with Crippen molar-refractivity contribution in [1.29, 1.82) is 0 Å². The zero-order chi connectivity index (χ0) is 14.6. The van der Waals surface area contributed by atoms with Crippen LogP contribution in [0.3, 0.4) is 0 Å². The fourth-order valence-corrected chi connectivity index (χ4v) is 1.73. The summed E-state index contributed by atoms with van der Waals surface area (Å²) in [7, 11) is 0. The zero-order valence-corrected chi connectivity index (χ0v) is 12.0. The number of carbonyl (C=O) groups excluding carboxylic acids is 1. The Kier molecular flexibility index (Phi) is 5.17. The lowest BCUT2D eigenvalue weighted by molar-refractivity contribution is 0.0636. The average Bonchev–Trinajstić information content (AvgIpc) is 2.25. The van der Waals surface area contributed by atoms with Gasteiger partial charge < -0.3 is 15.6 Å². The van der Waals surface area contributed by atoms with Gasteiger partial charge >= 0.3 is 6.09 Å². The van der Waals surface area contributed by atoms with Gasteiger partial charge in [-0.25, -0.2) is 4.79 Å². The van der Waals surface area contributed by atoms with Crippen molar-refractivity contribution in [2.75, 3.05) is 11.9 Å². The lowest BCUT2D eigenvalue weighted by atomic mass is 10.1. The molecule has 6 heteroatoms. The van der Waals surface area contributed by atoms with Crippen LogP contribution in [0.5, 0.6) is 0 Å². The molecule has 0 heterocycles. The molecule has 0 aliphatic carbocycles. The first-order valence-electron chi connectivity index (χ1n) is 5.90. The lowest BCUT2D eigenvalue weighted by Gasteiger charge is -2.20. The highest BCUT2D eigenvalue weighted by Crippen LogP contribution is 2.26. The molecule has 0 aliphatic rings. The summed E-state index contributed by atoms with van der Waals surface area (Å²) in [5, 5.41) is 12.5. The van der Waals surface area contributed by atoms with E-state index >= 15 is 0 Å². The lowest BCUT2D eigenvalue weighted by Crippen LogP contribution is -2.27. The predicted molar refractivity (Wildman–Crippen MR) is 75.3 cm³/mol. The van der Waals surface area contributed by atoms with Gasteiger partial charge in [0.05, 0.1) is 6.10 Å². The third kappa shape index (κ3) is 5.06. The summed E-state index contributed by atoms with van der Waals surface area (Å²) in [5.74, 6) is 0. The van der Waals surface area contributed by atoms with Crippen molar-refractivity contribution in [3.8, 4) is 0 Å². The van der Waals surface area contributed by atoms with Crippen molar-refractivity contribution in [3.63, 3.8) is 0 Å². The first-order valence-corrected chi connectivity index (χ1v) is 6.28. The van der Waals surface area contributed by atoms with E-state index in [9.17, 15) is 9.90 Å². The molecule has 4 N–H and O–H groups in total. The highest BCUT2D eigenvalue weighted by Gasteiger charge is 2.17. The van der Waals surface area contributed by atoms with Gasteiger partial charge in [0.2, 0.25) is 0 Å². The maximum Gasteiger partial charge on any atom is 0.412 e. The Morgan fingerprint density at radius 2 is 2.16 bits per heavy atom. The number of nitrogens with one attached hydrogen (secondary N) is 1. The fourth-order valence-electron chi connectivity index (χ4n) is 1.42. The summed E-state index contributed by atoms with van der Waals surface area (Å²) >= 11 is 6.01. The summed E-state index contributed by atoms with van der Waals surface area (Å²) in [6, 6.07) is 4.79. The van der Waals surface area contributed by atoms with Gasteiger partial charge in [0, 0.05) is 22.8 Å². The van der Waals surface area contributed by atoms with E-state index in [1.54, 1.807) is 39.0 Å². The number of halogens is 1. The molecule has 0 saturated carbocycles. The number of ether oxygens (including phenoxy) is 1. The van der Waals surface area contributed by atoms with Crippen LogP contribution >= 0.6 is 11.6 Å². The number of hydrogen-bond acceptors (Lipinski definition) is 4. The predicted octanol–water partition coefficient (Wildman–Crippen LogP) is 2.68. The standard InChI is InChI=1S/C13H19ClN2O3/c1-13(2,3)19-12(18)16-8-4-5-9(10(14)6-8)11(17)7-15/h4-6,11,17H,7,15H2,1-3H3,(H,16,18)/t11-/m0/s1. The number of hydrogen-bond donors (Lipinski definition) is 3. The van der Waals surface area contributed by atoms with Crippen molar-refractivity contribution < 1.29 is 14.6 Å². The number of amides is 1. The molecule has 106 valence electrons. The summed E-state index contributed by atoms with van der Waals surface area (Å²) in [5.41, 5.74) is 5.82. The molecule has 0 fully saturated rings. The summed E-state index contributed by atoms with van der Waals surface area (Å²) in [4.78, 5) is 11.6. The highest BCUT2D eigenvalue weighted by atomic mass is 35.5. The van der Waals surface area contributed by atoms with Crippen molar-refractivity contribution in [2.45, 2.75) is 32.5 Å². The van der Waals surface area contributed by atoms with Crippen LogP contribution in [0.2, 0.25) is 5.02 Å². The molecule has 1 amide bonds. The molecular weight excluding hydrogens is 268 g/mol. The van der Waals surface area contributed by atoms with E-state index in [1.807, 2.05) is 0 Å². The second-order valence-corrected chi connectivity index (χ2v) is 5.52. The third-order valence-corrected chi connectivity index (χ3v) is 2.56. The largest absolute Gasteiger partial charge is 0.444 e. The van der Waals surface area contributed by atoms with E-state index in [1.165, 1.54) is 0 Å². The van der Waals surface area contributed by atoms with Gasteiger partial charge in [0.25, 0.3) is 0 Å². The van der Waals surface area contributed by atoms with Crippen LogP contribution in [0, 0.1) is 0 Å². The van der Waals surface area contributed by atoms with Crippen molar-refractivity contribution in [3.05, 3.63) is 28.8 Å². The Hall–Kier alpha value is -1.30. The average molecular weight is 287 g/mol. The number of carbonyl (C=O) groups is 1. The van der Waals surface area contributed by atoms with Gasteiger partial charge in [-0.2, -0.15) is 0 Å². The molecule has 19 heavy (non-hydrogen) atoms. The highest BCUT2D eigenvalue weighted by molar-refractivity contribution is 6.31. The van der Waals surface area contributed by atoms with Gasteiger partial charge in [0.15, 0.2) is 0 Å². The van der Waals surface area contributed by atoms with Crippen LogP contribution in [0.25, 0.3) is 0 Å². The maximum absolute atomic E-state index is 11.6. The third-order valence-electron chi connectivity index (χ3n) is 2.23. The zero-order valence-electron chi connectivity index (χ0n) is 11.2. The number of rotatable bonds is 3. The normalized spacial score (nSPS) is 12.9. The van der Waals surface area contributed by atoms with E-state index in [0.29, 0.717) is 16.3 Å². The summed E-state index contributed by atoms with van der Waals surface area (Å²) in [6.45, 7) is 5.42. The Morgan fingerprint density at radius 1 is 1.53 bits per heavy atom. The minimum Gasteiger partial charge on any atom is -0.444 e. The Labute approximate surface area is 117 Å². The molecule has 1 rings (SSSR count). The molecule has 0 aromatic heterocycles. The minimum absolute atomic E-state index is 0.0819. The number of aliphatic hydroxyl groups excluding tert-OH is 1. The number of anilines is 1. The Morgan fingerprint density at radius 3 is 2.63 bits per heavy atom. The topological polar surface area (TPSA) is 84.6 Å². The van der Waals surface area contributed by atoms with Crippen molar-refractivity contribution in [1.82, 2.24) is 0 Å². The number of nitrogens with two attached hydrogens (primary N) is 1. The molecule has 0 radical (unpaired) electrons. The van der Waals surface area contributed by atoms with Gasteiger partial charge in [-0.1, -0.05) is 17.7 Å². The Balaban J connectivity index is 2.76. The number of aliphatic hydroxyl groups is 1. The smallest absolute Gasteiger partial charge is 0.412 e. The second kappa shape index (κ2) is 6.23. The number of benzene rings is 1. The molecule has 0 unspecified atom stereocenters. The molecule has 0 bridgehead atoms. The molecule has 1 aromatic rings. The molecule has 1 atom stereocenters. The molecule has 0 aliphatic heterocycles. The van der Waals surface area contributed by atoms with Crippen LogP contribution in [-0.2, 0) is 4.74 Å². The fraction of sp³-hybridized carbons (Fsp3) is 0.462. The van der Waals surface area contributed by atoms with E-state index in [4.69, 9.17) is 22.1 Å². The monoisotopic (exact) mass is 286 g/mol. The van der Waals surface area contributed by atoms with E-state index < -0.39 is 17.8 Å². The van der Waals surface area contributed by atoms with Crippen molar-refractivity contribution >= 4 is 23.4 Å². The van der Waals surface area contributed by atoms with E-state index in [0.717, 1.165) is 0 Å². The van der Waals surface area contributed by atoms with Crippen molar-refractivity contribution in [2.24, 2.45) is 5.73 Å². The first kappa shape index (κ1) is 15.8. The maximum atomic E-state index is 11.6. The summed E-state index contributed by atoms with van der Waals surface area (Å²) < 4.78 is 5.12. The van der Waals surface area contributed by atoms with Crippen LogP contribution in [0.15, 0.2) is 18.2 Å². The van der Waals surface area contributed by atoms with Crippen LogP contribution in [-0.4, -0.2) is 23.3 Å². The van der Waals surface area contributed by atoms with Gasteiger partial charge in [-0.05, 0) is 32.9 Å². The molecular formula is C13H19ClN2O3. The van der Waals surface area contributed by atoms with Crippen LogP contribution in [0.1, 0.15) is 32.4 Å². The molecule has 1 aromatic carbocycles. The van der Waals surface area contributed by atoms with Gasteiger partial charge in [-0.15, -0.1) is 0 Å². The van der Waals surface area contributed by atoms with E-state index in [-0.39, 0.29) is 6.54 Å². The molecule has 0 saturated heterocycles. The second-order valence-electron chi connectivity index (χ2n) is 5.11. The van der Waals surface area contributed by atoms with E-state index in [2.05, 4.69) is 5.32 Å². The van der Waals surface area contributed by atoms with Gasteiger partial charge in [-0.3, -0.25) is 5.32 Å². The van der Waals surface area contributed by atoms with Crippen LogP contribution < -0.4 is 11.1 Å².